The molecule has 1 N–H and O–H groups in total. The molecule has 0 aromatic heterocycles. The zero-order valence-corrected chi connectivity index (χ0v) is 5.52. The molecule has 0 amide bonds. The van der Waals surface area contributed by atoms with Crippen LogP contribution in [0.15, 0.2) is 12.2 Å². The van der Waals surface area contributed by atoms with Crippen molar-refractivity contribution in [3.05, 3.63) is 12.2 Å². The summed E-state index contributed by atoms with van der Waals surface area (Å²) in [6, 6.07) is 0.634. The highest BCUT2D eigenvalue weighted by Crippen LogP contribution is 2.05. The van der Waals surface area contributed by atoms with Crippen LogP contribution in [0.4, 0.5) is 0 Å². The summed E-state index contributed by atoms with van der Waals surface area (Å²) in [4.78, 5) is 0. The van der Waals surface area contributed by atoms with Crippen LogP contribution in [0.25, 0.3) is 0 Å². The van der Waals surface area contributed by atoms with Crippen LogP contribution in [0, 0.1) is 5.92 Å². The van der Waals surface area contributed by atoms with Gasteiger partial charge in [-0.1, -0.05) is 26.0 Å². The van der Waals surface area contributed by atoms with E-state index in [4.69, 9.17) is 0 Å². The molecule has 1 aliphatic heterocycles. The monoisotopic (exact) mass is 111 g/mol. The second-order valence-electron chi connectivity index (χ2n) is 2.61. The predicted octanol–water partition coefficient (Wildman–Crippen LogP) is 1.17. The maximum Gasteiger partial charge on any atom is 0.0276 e. The van der Waals surface area contributed by atoms with Crippen LogP contribution in [-0.4, -0.2) is 12.6 Å². The summed E-state index contributed by atoms with van der Waals surface area (Å²) in [6.07, 6.45) is 4.43. The average Bonchev–Trinajstić information content (AvgIpc) is 2.12. The smallest absolute Gasteiger partial charge is 0.0276 e. The number of hydrogen-bond donors (Lipinski definition) is 1. The summed E-state index contributed by atoms with van der Waals surface area (Å²) >= 11 is 0. The lowest BCUT2D eigenvalue weighted by atomic mass is 10.1. The number of nitrogens with one attached hydrogen (secondary N) is 1. The lowest BCUT2D eigenvalue weighted by Gasteiger charge is -2.11. The molecule has 0 saturated heterocycles. The quantitative estimate of drug-likeness (QED) is 0.501. The minimum atomic E-state index is 0.634. The highest BCUT2D eigenvalue weighted by Gasteiger charge is 2.10. The molecule has 1 heteroatoms. The van der Waals surface area contributed by atoms with Gasteiger partial charge >= 0.3 is 0 Å². The Balaban J connectivity index is 2.36. The molecule has 0 aromatic rings. The van der Waals surface area contributed by atoms with Crippen LogP contribution in [-0.2, 0) is 0 Å². The lowest BCUT2D eigenvalue weighted by molar-refractivity contribution is 0.503. The fraction of sp³-hybridized carbons (Fsp3) is 0.714. The van der Waals surface area contributed by atoms with Gasteiger partial charge in [-0.3, -0.25) is 0 Å². The molecule has 0 aromatic carbocycles. The molecule has 0 unspecified atom stereocenters. The topological polar surface area (TPSA) is 12.0 Å². The summed E-state index contributed by atoms with van der Waals surface area (Å²) in [6.45, 7) is 5.52. The molecule has 0 fully saturated rings. The van der Waals surface area contributed by atoms with Crippen LogP contribution in [0.1, 0.15) is 13.8 Å². The Bertz CT molecular complexity index is 94.6. The van der Waals surface area contributed by atoms with Crippen LogP contribution in [0.2, 0.25) is 0 Å². The van der Waals surface area contributed by atoms with E-state index in [1.165, 1.54) is 0 Å². The third kappa shape index (κ3) is 1.10. The molecule has 0 aliphatic carbocycles. The molecule has 1 nitrogen and oxygen atoms in total. The highest BCUT2D eigenvalue weighted by molar-refractivity contribution is 5.02. The summed E-state index contributed by atoms with van der Waals surface area (Å²) in [5.74, 6) is 0.744. The fourth-order valence-corrected chi connectivity index (χ4v) is 0.945. The molecular weight excluding hydrogens is 98.1 g/mol. The van der Waals surface area contributed by atoms with E-state index < -0.39 is 0 Å². The van der Waals surface area contributed by atoms with E-state index in [0.29, 0.717) is 6.04 Å². The van der Waals surface area contributed by atoms with Gasteiger partial charge in [0.05, 0.1) is 0 Å². The first-order valence-corrected chi connectivity index (χ1v) is 3.21. The Hall–Kier alpha value is -0.300. The molecular formula is C7H13N. The first kappa shape index (κ1) is 5.83. The Morgan fingerprint density at radius 1 is 1.62 bits per heavy atom. The first-order chi connectivity index (χ1) is 3.80. The van der Waals surface area contributed by atoms with E-state index in [-0.39, 0.29) is 0 Å². The molecule has 0 bridgehead atoms. The van der Waals surface area contributed by atoms with Crippen molar-refractivity contribution in [3.8, 4) is 0 Å². The second kappa shape index (κ2) is 2.31. The Morgan fingerprint density at radius 3 is 2.62 bits per heavy atom. The van der Waals surface area contributed by atoms with Crippen molar-refractivity contribution >= 4 is 0 Å². The van der Waals surface area contributed by atoms with Gasteiger partial charge in [0, 0.05) is 12.6 Å². The molecule has 0 spiro atoms. The Labute approximate surface area is 50.8 Å². The third-order valence-corrected chi connectivity index (χ3v) is 1.53. The van der Waals surface area contributed by atoms with Crippen molar-refractivity contribution in [2.75, 3.05) is 6.54 Å². The van der Waals surface area contributed by atoms with E-state index in [0.717, 1.165) is 12.5 Å². The van der Waals surface area contributed by atoms with Crippen LogP contribution in [0.3, 0.4) is 0 Å². The van der Waals surface area contributed by atoms with Crippen molar-refractivity contribution < 1.29 is 0 Å². The van der Waals surface area contributed by atoms with Gasteiger partial charge in [0.2, 0.25) is 0 Å². The standard InChI is InChI=1S/C7H13N/c1-6(2)7-4-3-5-8-7/h3-4,6-8H,5H2,1-2H3/t7-/m0/s1. The summed E-state index contributed by atoms with van der Waals surface area (Å²) in [5.41, 5.74) is 0. The maximum absolute atomic E-state index is 3.34. The molecule has 1 aliphatic rings. The first-order valence-electron chi connectivity index (χ1n) is 3.21. The Morgan fingerprint density at radius 2 is 2.38 bits per heavy atom. The average molecular weight is 111 g/mol. The van der Waals surface area contributed by atoms with Gasteiger partial charge in [-0.25, -0.2) is 0 Å². The normalized spacial score (nSPS) is 27.6. The van der Waals surface area contributed by atoms with Crippen molar-refractivity contribution in [2.24, 2.45) is 5.92 Å². The fourth-order valence-electron chi connectivity index (χ4n) is 0.945. The highest BCUT2D eigenvalue weighted by atomic mass is 14.9. The van der Waals surface area contributed by atoms with Gasteiger partial charge in [0.15, 0.2) is 0 Å². The van der Waals surface area contributed by atoms with Crippen molar-refractivity contribution in [2.45, 2.75) is 19.9 Å². The minimum absolute atomic E-state index is 0.634. The van der Waals surface area contributed by atoms with Crippen LogP contribution in [0.5, 0.6) is 0 Å². The summed E-state index contributed by atoms with van der Waals surface area (Å²) in [7, 11) is 0. The molecule has 0 saturated carbocycles. The van der Waals surface area contributed by atoms with Gasteiger partial charge in [-0.05, 0) is 5.92 Å². The molecule has 8 heavy (non-hydrogen) atoms. The zero-order valence-electron chi connectivity index (χ0n) is 5.52. The van der Waals surface area contributed by atoms with Crippen molar-refractivity contribution in [1.82, 2.24) is 5.32 Å². The van der Waals surface area contributed by atoms with Crippen LogP contribution < -0.4 is 5.32 Å². The second-order valence-corrected chi connectivity index (χ2v) is 2.61. The van der Waals surface area contributed by atoms with Crippen molar-refractivity contribution in [1.29, 1.82) is 0 Å². The van der Waals surface area contributed by atoms with Crippen molar-refractivity contribution in [3.63, 3.8) is 0 Å². The van der Waals surface area contributed by atoms with Gasteiger partial charge < -0.3 is 5.32 Å². The van der Waals surface area contributed by atoms with Gasteiger partial charge in [0.25, 0.3) is 0 Å². The van der Waals surface area contributed by atoms with E-state index in [1.807, 2.05) is 0 Å². The lowest BCUT2D eigenvalue weighted by Crippen LogP contribution is -2.26. The minimum Gasteiger partial charge on any atom is -0.307 e. The molecule has 46 valence electrons. The van der Waals surface area contributed by atoms with E-state index in [2.05, 4.69) is 31.3 Å². The predicted molar refractivity (Wildman–Crippen MR) is 35.8 cm³/mol. The Kier molecular flexibility index (Phi) is 1.69. The molecule has 1 rings (SSSR count). The van der Waals surface area contributed by atoms with Gasteiger partial charge in [-0.15, -0.1) is 0 Å². The third-order valence-electron chi connectivity index (χ3n) is 1.53. The molecule has 1 atom stereocenters. The zero-order chi connectivity index (χ0) is 5.98. The SMILES string of the molecule is CC(C)[C@@H]1C=CCN1. The maximum atomic E-state index is 3.34. The van der Waals surface area contributed by atoms with Crippen LogP contribution >= 0.6 is 0 Å². The van der Waals surface area contributed by atoms with E-state index in [1.54, 1.807) is 0 Å². The summed E-state index contributed by atoms with van der Waals surface area (Å²) < 4.78 is 0. The summed E-state index contributed by atoms with van der Waals surface area (Å²) in [5, 5.41) is 3.34. The largest absolute Gasteiger partial charge is 0.307 e. The number of hydrogen-bond acceptors (Lipinski definition) is 1. The van der Waals surface area contributed by atoms with E-state index >= 15 is 0 Å². The van der Waals surface area contributed by atoms with Gasteiger partial charge in [0.1, 0.15) is 0 Å². The number of rotatable bonds is 1. The molecule has 0 radical (unpaired) electrons. The molecule has 1 heterocycles. The van der Waals surface area contributed by atoms with Gasteiger partial charge in [-0.2, -0.15) is 0 Å². The van der Waals surface area contributed by atoms with E-state index in [9.17, 15) is 0 Å².